The summed E-state index contributed by atoms with van der Waals surface area (Å²) in [6.07, 6.45) is -4.43. The van der Waals surface area contributed by atoms with E-state index in [2.05, 4.69) is 0 Å². The zero-order valence-electron chi connectivity index (χ0n) is 5.68. The molecule has 0 aliphatic heterocycles. The van der Waals surface area contributed by atoms with Crippen molar-refractivity contribution in [3.05, 3.63) is 0 Å². The van der Waals surface area contributed by atoms with Crippen LogP contribution < -0.4 is 0 Å². The Labute approximate surface area is 58.7 Å². The summed E-state index contributed by atoms with van der Waals surface area (Å²) in [5.41, 5.74) is 0. The van der Waals surface area contributed by atoms with Crippen LogP contribution in [0.15, 0.2) is 0 Å². The fourth-order valence-corrected chi connectivity index (χ4v) is 1.23. The third kappa shape index (κ3) is 0.932. The van der Waals surface area contributed by atoms with Crippen LogP contribution in [0.1, 0.15) is 6.92 Å². The molecule has 0 heterocycles. The van der Waals surface area contributed by atoms with Crippen LogP contribution in [0.2, 0.25) is 0 Å². The van der Waals surface area contributed by atoms with Crippen LogP contribution in [-0.2, 0) is 0 Å². The second kappa shape index (κ2) is 2.47. The van der Waals surface area contributed by atoms with Gasteiger partial charge in [-0.2, -0.15) is 0 Å². The summed E-state index contributed by atoms with van der Waals surface area (Å²) < 4.78 is 0. The lowest BCUT2D eigenvalue weighted by Gasteiger charge is -2.10. The average Bonchev–Trinajstić information content (AvgIpc) is 2.07. The molecule has 1 aliphatic carbocycles. The van der Waals surface area contributed by atoms with E-state index < -0.39 is 30.3 Å². The molecule has 4 nitrogen and oxygen atoms in total. The van der Waals surface area contributed by atoms with Gasteiger partial charge in [0.25, 0.3) is 0 Å². The average molecular weight is 148 g/mol. The molecule has 0 bridgehead atoms. The summed E-state index contributed by atoms with van der Waals surface area (Å²) in [6.45, 7) is 1.58. The normalized spacial score (nSPS) is 55.5. The van der Waals surface area contributed by atoms with Crippen molar-refractivity contribution in [1.29, 1.82) is 0 Å². The molecule has 4 heteroatoms. The molecular formula is C6H12O4. The van der Waals surface area contributed by atoms with Crippen LogP contribution in [0.5, 0.6) is 0 Å². The maximum Gasteiger partial charge on any atom is 0.109 e. The highest BCUT2D eigenvalue weighted by molar-refractivity contribution is 4.95. The molecule has 4 atom stereocenters. The van der Waals surface area contributed by atoms with Crippen LogP contribution >= 0.6 is 0 Å². The molecule has 0 amide bonds. The van der Waals surface area contributed by atoms with E-state index in [0.717, 1.165) is 0 Å². The van der Waals surface area contributed by atoms with Crippen molar-refractivity contribution < 1.29 is 20.4 Å². The van der Waals surface area contributed by atoms with Gasteiger partial charge in [0.2, 0.25) is 0 Å². The first-order valence-electron chi connectivity index (χ1n) is 3.28. The van der Waals surface area contributed by atoms with Gasteiger partial charge in [0.05, 0.1) is 12.2 Å². The summed E-state index contributed by atoms with van der Waals surface area (Å²) >= 11 is 0. The van der Waals surface area contributed by atoms with E-state index in [1.807, 2.05) is 0 Å². The van der Waals surface area contributed by atoms with Gasteiger partial charge in [-0.3, -0.25) is 0 Å². The van der Waals surface area contributed by atoms with E-state index in [4.69, 9.17) is 20.4 Å². The van der Waals surface area contributed by atoms with Crippen molar-refractivity contribution in [1.82, 2.24) is 0 Å². The largest absolute Gasteiger partial charge is 0.390 e. The zero-order valence-corrected chi connectivity index (χ0v) is 5.68. The Morgan fingerprint density at radius 3 is 1.10 bits per heavy atom. The van der Waals surface area contributed by atoms with Gasteiger partial charge in [0.15, 0.2) is 0 Å². The summed E-state index contributed by atoms with van der Waals surface area (Å²) in [5.74, 6) is -0.454. The Hall–Kier alpha value is -0.160. The summed E-state index contributed by atoms with van der Waals surface area (Å²) in [4.78, 5) is 0. The van der Waals surface area contributed by atoms with E-state index in [1.54, 1.807) is 6.92 Å². The number of rotatable bonds is 0. The molecule has 60 valence electrons. The van der Waals surface area contributed by atoms with Crippen LogP contribution in [0, 0.1) is 5.92 Å². The lowest BCUT2D eigenvalue weighted by Crippen LogP contribution is -2.32. The topological polar surface area (TPSA) is 80.9 Å². The van der Waals surface area contributed by atoms with Crippen molar-refractivity contribution in [3.63, 3.8) is 0 Å². The Bertz CT molecular complexity index is 82.1. The maximum atomic E-state index is 9.04. The molecule has 1 saturated carbocycles. The molecule has 4 N–H and O–H groups in total. The van der Waals surface area contributed by atoms with Crippen molar-refractivity contribution in [2.75, 3.05) is 0 Å². The monoisotopic (exact) mass is 148 g/mol. The summed E-state index contributed by atoms with van der Waals surface area (Å²) in [5, 5.41) is 36.0. The molecule has 1 rings (SSSR count). The zero-order chi connectivity index (χ0) is 7.89. The minimum Gasteiger partial charge on any atom is -0.390 e. The first-order chi connectivity index (χ1) is 4.55. The highest BCUT2D eigenvalue weighted by Gasteiger charge is 2.45. The van der Waals surface area contributed by atoms with Crippen LogP contribution in [0.4, 0.5) is 0 Å². The quantitative estimate of drug-likeness (QED) is 0.323. The van der Waals surface area contributed by atoms with Crippen LogP contribution in [-0.4, -0.2) is 44.8 Å². The van der Waals surface area contributed by atoms with Gasteiger partial charge in [-0.15, -0.1) is 0 Å². The van der Waals surface area contributed by atoms with Gasteiger partial charge in [-0.25, -0.2) is 0 Å². The minimum atomic E-state index is -1.20. The highest BCUT2D eigenvalue weighted by Crippen LogP contribution is 2.26. The second-order valence-corrected chi connectivity index (χ2v) is 2.82. The molecule has 1 fully saturated rings. The van der Waals surface area contributed by atoms with E-state index in [0.29, 0.717) is 0 Å². The van der Waals surface area contributed by atoms with Crippen molar-refractivity contribution in [3.8, 4) is 0 Å². The third-order valence-electron chi connectivity index (χ3n) is 2.13. The minimum absolute atomic E-state index is 0.454. The Morgan fingerprint density at radius 1 is 0.700 bits per heavy atom. The molecule has 1 aliphatic rings. The number of hydrogen-bond donors (Lipinski definition) is 4. The van der Waals surface area contributed by atoms with Gasteiger partial charge < -0.3 is 20.4 Å². The first kappa shape index (κ1) is 7.94. The van der Waals surface area contributed by atoms with Crippen molar-refractivity contribution in [2.24, 2.45) is 5.92 Å². The Kier molecular flexibility index (Phi) is 1.96. The lowest BCUT2D eigenvalue weighted by atomic mass is 10.1. The number of aliphatic hydroxyl groups excluding tert-OH is 4. The van der Waals surface area contributed by atoms with Gasteiger partial charge in [0, 0.05) is 5.92 Å². The van der Waals surface area contributed by atoms with Crippen molar-refractivity contribution in [2.45, 2.75) is 31.3 Å². The molecule has 4 unspecified atom stereocenters. The van der Waals surface area contributed by atoms with Gasteiger partial charge in [-0.05, 0) is 0 Å². The van der Waals surface area contributed by atoms with Gasteiger partial charge >= 0.3 is 0 Å². The molecular weight excluding hydrogens is 136 g/mol. The Morgan fingerprint density at radius 2 is 1.00 bits per heavy atom. The molecule has 10 heavy (non-hydrogen) atoms. The summed E-state index contributed by atoms with van der Waals surface area (Å²) in [6, 6.07) is 0. The first-order valence-corrected chi connectivity index (χ1v) is 3.28. The van der Waals surface area contributed by atoms with E-state index in [-0.39, 0.29) is 0 Å². The third-order valence-corrected chi connectivity index (χ3v) is 2.13. The molecule has 0 saturated heterocycles. The molecule has 0 radical (unpaired) electrons. The number of aliphatic hydroxyl groups is 4. The van der Waals surface area contributed by atoms with Crippen molar-refractivity contribution >= 4 is 0 Å². The second-order valence-electron chi connectivity index (χ2n) is 2.82. The molecule has 0 aromatic heterocycles. The Balaban J connectivity index is 2.68. The highest BCUT2D eigenvalue weighted by atomic mass is 16.4. The predicted octanol–water partition coefficient (Wildman–Crippen LogP) is -1.92. The fraction of sp³-hybridized carbons (Fsp3) is 1.00. The number of hydrogen-bond acceptors (Lipinski definition) is 4. The van der Waals surface area contributed by atoms with Gasteiger partial charge in [-0.1, -0.05) is 6.92 Å². The molecule has 0 aromatic rings. The fourth-order valence-electron chi connectivity index (χ4n) is 1.23. The molecule has 0 spiro atoms. The standard InChI is InChI=1S/C6H12O4/c1-2-3(7)5(9)6(10)4(2)8/h2-10H,1H3. The smallest absolute Gasteiger partial charge is 0.109 e. The van der Waals surface area contributed by atoms with E-state index in [9.17, 15) is 0 Å². The molecule has 0 aromatic carbocycles. The van der Waals surface area contributed by atoms with Crippen LogP contribution in [0.3, 0.4) is 0 Å². The predicted molar refractivity (Wildman–Crippen MR) is 33.2 cm³/mol. The lowest BCUT2D eigenvalue weighted by molar-refractivity contribution is -0.0413. The maximum absolute atomic E-state index is 9.04. The SMILES string of the molecule is CC1C(O)C(O)C(O)C1O. The van der Waals surface area contributed by atoms with Gasteiger partial charge in [0.1, 0.15) is 12.2 Å². The van der Waals surface area contributed by atoms with Crippen LogP contribution in [0.25, 0.3) is 0 Å². The van der Waals surface area contributed by atoms with E-state index >= 15 is 0 Å². The summed E-state index contributed by atoms with van der Waals surface area (Å²) in [7, 11) is 0. The van der Waals surface area contributed by atoms with E-state index in [1.165, 1.54) is 0 Å².